The van der Waals surface area contributed by atoms with Crippen LogP contribution in [0.4, 0.5) is 5.69 Å². The molecule has 1 aromatic carbocycles. The highest BCUT2D eigenvalue weighted by molar-refractivity contribution is 6.28. The van der Waals surface area contributed by atoms with Crippen LogP contribution in [0.2, 0.25) is 0 Å². The summed E-state index contributed by atoms with van der Waals surface area (Å²) in [6.45, 7) is 2.57. The zero-order valence-corrected chi connectivity index (χ0v) is 8.79. The van der Waals surface area contributed by atoms with Gasteiger partial charge in [-0.2, -0.15) is 0 Å². The minimum Gasteiger partial charge on any atom is -0.494 e. The summed E-state index contributed by atoms with van der Waals surface area (Å²) in [5.74, 6) is 1.43. The number of hydrogen-bond acceptors (Lipinski definition) is 2. The molecule has 0 aliphatic carbocycles. The van der Waals surface area contributed by atoms with Gasteiger partial charge in [0.25, 0.3) is 0 Å². The average molecular weight is 213 g/mol. The fourth-order valence-electron chi connectivity index (χ4n) is 1.01. The van der Waals surface area contributed by atoms with Gasteiger partial charge < -0.3 is 10.5 Å². The molecule has 3 nitrogen and oxygen atoms in total. The van der Waals surface area contributed by atoms with Crippen LogP contribution in [-0.4, -0.2) is 18.3 Å². The summed E-state index contributed by atoms with van der Waals surface area (Å²) in [6.07, 6.45) is 0. The highest BCUT2D eigenvalue weighted by atomic mass is 35.5. The van der Waals surface area contributed by atoms with E-state index < -0.39 is 0 Å². The number of alkyl halides is 1. The summed E-state index contributed by atoms with van der Waals surface area (Å²) in [5, 5.41) is 0. The standard InChI is InChI=1S/C10H13ClN2O/c1-2-14-9-5-3-4-8(6-9)13-10(12)7-11/h3-6H,2,7H2,1H3,(H2,12,13). The van der Waals surface area contributed by atoms with Gasteiger partial charge in [0.05, 0.1) is 18.2 Å². The molecule has 0 heterocycles. The summed E-state index contributed by atoms with van der Waals surface area (Å²) >= 11 is 5.52. The number of aliphatic imine (C=N–C) groups is 1. The predicted molar refractivity (Wildman–Crippen MR) is 59.6 cm³/mol. The van der Waals surface area contributed by atoms with Crippen LogP contribution in [-0.2, 0) is 0 Å². The maximum absolute atomic E-state index is 5.52. The molecule has 0 unspecified atom stereocenters. The maximum atomic E-state index is 5.52. The van der Waals surface area contributed by atoms with Crippen LogP contribution in [0.5, 0.6) is 5.75 Å². The number of halogens is 1. The largest absolute Gasteiger partial charge is 0.494 e. The van der Waals surface area contributed by atoms with Gasteiger partial charge in [0.2, 0.25) is 0 Å². The molecule has 4 heteroatoms. The van der Waals surface area contributed by atoms with Crippen LogP contribution in [0.25, 0.3) is 0 Å². The first kappa shape index (κ1) is 10.9. The second kappa shape index (κ2) is 5.50. The Labute approximate surface area is 88.5 Å². The van der Waals surface area contributed by atoms with Crippen molar-refractivity contribution in [1.82, 2.24) is 0 Å². The van der Waals surface area contributed by atoms with E-state index in [9.17, 15) is 0 Å². The first-order valence-electron chi connectivity index (χ1n) is 4.38. The van der Waals surface area contributed by atoms with Crippen molar-refractivity contribution in [3.8, 4) is 5.75 Å². The highest BCUT2D eigenvalue weighted by Gasteiger charge is 1.95. The smallest absolute Gasteiger partial charge is 0.121 e. The molecule has 0 atom stereocenters. The molecule has 0 spiro atoms. The van der Waals surface area contributed by atoms with E-state index in [0.717, 1.165) is 11.4 Å². The fourth-order valence-corrected chi connectivity index (χ4v) is 1.06. The zero-order valence-electron chi connectivity index (χ0n) is 8.03. The summed E-state index contributed by atoms with van der Waals surface area (Å²) in [7, 11) is 0. The fraction of sp³-hybridized carbons (Fsp3) is 0.300. The van der Waals surface area contributed by atoms with E-state index in [2.05, 4.69) is 4.99 Å². The minimum atomic E-state index is 0.235. The molecular weight excluding hydrogens is 200 g/mol. The van der Waals surface area contributed by atoms with Gasteiger partial charge in [-0.15, -0.1) is 11.6 Å². The number of hydrogen-bond donors (Lipinski definition) is 1. The lowest BCUT2D eigenvalue weighted by atomic mass is 10.3. The molecule has 0 saturated heterocycles. The maximum Gasteiger partial charge on any atom is 0.121 e. The van der Waals surface area contributed by atoms with Gasteiger partial charge in [-0.1, -0.05) is 6.07 Å². The SMILES string of the molecule is CCOc1cccc(N=C(N)CCl)c1. The monoisotopic (exact) mass is 212 g/mol. The average Bonchev–Trinajstić information content (AvgIpc) is 2.19. The Bertz CT molecular complexity index is 326. The van der Waals surface area contributed by atoms with Crippen molar-refractivity contribution in [3.05, 3.63) is 24.3 Å². The quantitative estimate of drug-likeness (QED) is 0.473. The molecule has 0 amide bonds. The molecule has 0 radical (unpaired) electrons. The number of rotatable bonds is 4. The van der Waals surface area contributed by atoms with Gasteiger partial charge in [-0.3, -0.25) is 0 Å². The molecule has 0 bridgehead atoms. The van der Waals surface area contributed by atoms with E-state index in [1.807, 2.05) is 31.2 Å². The Kier molecular flexibility index (Phi) is 4.26. The molecule has 0 aliphatic heterocycles. The molecule has 0 fully saturated rings. The van der Waals surface area contributed by atoms with Gasteiger partial charge in [-0.25, -0.2) is 4.99 Å². The third-order valence-electron chi connectivity index (χ3n) is 1.54. The summed E-state index contributed by atoms with van der Waals surface area (Å²) in [6, 6.07) is 7.41. The topological polar surface area (TPSA) is 47.6 Å². The Balaban J connectivity index is 2.83. The minimum absolute atomic E-state index is 0.235. The molecule has 2 N–H and O–H groups in total. The molecule has 0 aromatic heterocycles. The number of nitrogens with two attached hydrogens (primary N) is 1. The molecule has 1 aromatic rings. The van der Waals surface area contributed by atoms with Gasteiger partial charge in [-0.05, 0) is 19.1 Å². The second-order valence-corrected chi connectivity index (χ2v) is 2.93. The van der Waals surface area contributed by atoms with E-state index in [4.69, 9.17) is 22.1 Å². The lowest BCUT2D eigenvalue weighted by molar-refractivity contribution is 0.340. The Morgan fingerprint density at radius 2 is 2.36 bits per heavy atom. The van der Waals surface area contributed by atoms with Crippen LogP contribution < -0.4 is 10.5 Å². The van der Waals surface area contributed by atoms with Gasteiger partial charge in [0.15, 0.2) is 0 Å². The molecule has 0 saturated carbocycles. The van der Waals surface area contributed by atoms with Crippen molar-refractivity contribution in [1.29, 1.82) is 0 Å². The molecule has 0 aliphatic rings. The predicted octanol–water partition coefficient (Wildman–Crippen LogP) is 2.31. The van der Waals surface area contributed by atoms with Crippen molar-refractivity contribution < 1.29 is 4.74 Å². The number of ether oxygens (including phenoxy) is 1. The number of nitrogens with zero attached hydrogens (tertiary/aromatic N) is 1. The molecule has 14 heavy (non-hydrogen) atoms. The lowest BCUT2D eigenvalue weighted by Crippen LogP contribution is -2.12. The highest BCUT2D eigenvalue weighted by Crippen LogP contribution is 2.19. The van der Waals surface area contributed by atoms with Crippen molar-refractivity contribution in [2.45, 2.75) is 6.92 Å². The van der Waals surface area contributed by atoms with Crippen LogP contribution in [0.1, 0.15) is 6.92 Å². The van der Waals surface area contributed by atoms with Crippen molar-refractivity contribution >= 4 is 23.1 Å². The van der Waals surface area contributed by atoms with Crippen LogP contribution in [0, 0.1) is 0 Å². The van der Waals surface area contributed by atoms with E-state index >= 15 is 0 Å². The van der Waals surface area contributed by atoms with E-state index in [1.165, 1.54) is 0 Å². The number of amidine groups is 1. The lowest BCUT2D eigenvalue weighted by Gasteiger charge is -2.03. The van der Waals surface area contributed by atoms with Gasteiger partial charge in [0, 0.05) is 6.07 Å². The Morgan fingerprint density at radius 3 is 3.00 bits per heavy atom. The van der Waals surface area contributed by atoms with E-state index in [-0.39, 0.29) is 5.88 Å². The van der Waals surface area contributed by atoms with Crippen LogP contribution in [0.3, 0.4) is 0 Å². The summed E-state index contributed by atoms with van der Waals surface area (Å²) < 4.78 is 5.32. The van der Waals surface area contributed by atoms with Gasteiger partial charge >= 0.3 is 0 Å². The van der Waals surface area contributed by atoms with Gasteiger partial charge in [0.1, 0.15) is 11.6 Å². The third kappa shape index (κ3) is 3.26. The number of benzene rings is 1. The van der Waals surface area contributed by atoms with E-state index in [1.54, 1.807) is 0 Å². The normalized spacial score (nSPS) is 11.4. The first-order chi connectivity index (χ1) is 6.76. The Hall–Kier alpha value is -1.22. The summed E-state index contributed by atoms with van der Waals surface area (Å²) in [4.78, 5) is 4.10. The van der Waals surface area contributed by atoms with Crippen LogP contribution >= 0.6 is 11.6 Å². The summed E-state index contributed by atoms with van der Waals surface area (Å²) in [5.41, 5.74) is 6.26. The molecule has 76 valence electrons. The second-order valence-electron chi connectivity index (χ2n) is 2.67. The van der Waals surface area contributed by atoms with Crippen molar-refractivity contribution in [2.75, 3.05) is 12.5 Å². The zero-order chi connectivity index (χ0) is 10.4. The molecular formula is C10H13ClN2O. The van der Waals surface area contributed by atoms with Crippen molar-refractivity contribution in [2.24, 2.45) is 10.7 Å². The third-order valence-corrected chi connectivity index (χ3v) is 1.81. The first-order valence-corrected chi connectivity index (χ1v) is 4.91. The Morgan fingerprint density at radius 1 is 1.57 bits per heavy atom. The molecule has 1 rings (SSSR count). The van der Waals surface area contributed by atoms with Crippen LogP contribution in [0.15, 0.2) is 29.3 Å². The van der Waals surface area contributed by atoms with E-state index in [0.29, 0.717) is 12.4 Å². The van der Waals surface area contributed by atoms with Crippen molar-refractivity contribution in [3.63, 3.8) is 0 Å².